The molecule has 0 aromatic heterocycles. The minimum absolute atomic E-state index is 0.210. The molecule has 90 valence electrons. The highest BCUT2D eigenvalue weighted by atomic mass is 31.2. The average molecular weight is 239 g/mol. The molecule has 0 saturated heterocycles. The predicted octanol–water partition coefficient (Wildman–Crippen LogP) is 0.237. The van der Waals surface area contributed by atoms with E-state index in [-0.39, 0.29) is 5.92 Å². The monoisotopic (exact) mass is 239 g/mol. The molecule has 0 saturated carbocycles. The van der Waals surface area contributed by atoms with Crippen LogP contribution in [-0.4, -0.2) is 32.6 Å². The van der Waals surface area contributed by atoms with Crippen LogP contribution in [0.25, 0.3) is 0 Å². The van der Waals surface area contributed by atoms with Crippen LogP contribution >= 0.6 is 7.60 Å². The van der Waals surface area contributed by atoms with Gasteiger partial charge in [-0.05, 0) is 5.92 Å². The number of nitrogens with two attached hydrogens (primary N) is 1. The van der Waals surface area contributed by atoms with E-state index in [0.717, 1.165) is 0 Å². The summed E-state index contributed by atoms with van der Waals surface area (Å²) in [5, 5.41) is 8.74. The molecule has 0 aliphatic rings. The quantitative estimate of drug-likeness (QED) is 0.510. The summed E-state index contributed by atoms with van der Waals surface area (Å²) >= 11 is 0. The van der Waals surface area contributed by atoms with E-state index in [4.69, 9.17) is 20.6 Å². The summed E-state index contributed by atoms with van der Waals surface area (Å²) in [6, 6.07) is -1.26. The van der Waals surface area contributed by atoms with Crippen LogP contribution in [0.3, 0.4) is 0 Å². The molecule has 0 amide bonds. The minimum atomic E-state index is -4.30. The average Bonchev–Trinajstić information content (AvgIpc) is 2.01. The van der Waals surface area contributed by atoms with Gasteiger partial charge in [0.05, 0.1) is 5.66 Å². The molecule has 0 aromatic rings. The van der Waals surface area contributed by atoms with Crippen molar-refractivity contribution in [1.29, 1.82) is 0 Å². The van der Waals surface area contributed by atoms with Crippen LogP contribution in [0.1, 0.15) is 20.8 Å². The van der Waals surface area contributed by atoms with Crippen LogP contribution in [0, 0.1) is 11.8 Å². The van der Waals surface area contributed by atoms with Gasteiger partial charge in [-0.3, -0.25) is 9.36 Å². The minimum Gasteiger partial charge on any atom is -0.480 e. The number of carboxylic acid groups (broad SMARTS) is 1. The van der Waals surface area contributed by atoms with E-state index < -0.39 is 31.2 Å². The van der Waals surface area contributed by atoms with Crippen molar-refractivity contribution in [3.05, 3.63) is 0 Å². The highest BCUT2D eigenvalue weighted by molar-refractivity contribution is 7.52. The zero-order chi connectivity index (χ0) is 12.4. The molecule has 6 nitrogen and oxygen atoms in total. The van der Waals surface area contributed by atoms with Gasteiger partial charge >= 0.3 is 13.6 Å². The van der Waals surface area contributed by atoms with E-state index in [1.54, 1.807) is 13.8 Å². The van der Waals surface area contributed by atoms with Crippen LogP contribution in [0.15, 0.2) is 0 Å². The smallest absolute Gasteiger partial charge is 0.328 e. The molecular weight excluding hydrogens is 221 g/mol. The molecule has 0 fully saturated rings. The second kappa shape index (κ2) is 5.07. The lowest BCUT2D eigenvalue weighted by molar-refractivity contribution is -0.140. The summed E-state index contributed by atoms with van der Waals surface area (Å²) in [5.41, 5.74) is 4.36. The Bertz CT molecular complexity index is 274. The van der Waals surface area contributed by atoms with Crippen LogP contribution in [0.5, 0.6) is 0 Å². The van der Waals surface area contributed by atoms with Gasteiger partial charge in [0.25, 0.3) is 0 Å². The molecule has 0 heterocycles. The first kappa shape index (κ1) is 14.6. The molecule has 0 bridgehead atoms. The van der Waals surface area contributed by atoms with Gasteiger partial charge in [0.15, 0.2) is 0 Å². The van der Waals surface area contributed by atoms with E-state index in [1.165, 1.54) is 6.92 Å². The van der Waals surface area contributed by atoms with Gasteiger partial charge in [-0.2, -0.15) is 0 Å². The first-order valence-electron chi connectivity index (χ1n) is 4.62. The Morgan fingerprint density at radius 1 is 1.27 bits per heavy atom. The topological polar surface area (TPSA) is 121 Å². The second-order valence-electron chi connectivity index (χ2n) is 4.02. The largest absolute Gasteiger partial charge is 0.480 e. The van der Waals surface area contributed by atoms with Gasteiger partial charge in [-0.15, -0.1) is 0 Å². The molecule has 0 unspecified atom stereocenters. The normalized spacial score (nSPS) is 18.6. The third-order valence-electron chi connectivity index (χ3n) is 2.56. The van der Waals surface area contributed by atoms with Crippen LogP contribution in [0.4, 0.5) is 0 Å². The van der Waals surface area contributed by atoms with Crippen molar-refractivity contribution in [3.8, 4) is 0 Å². The predicted molar refractivity (Wildman–Crippen MR) is 55.4 cm³/mol. The molecule has 7 heteroatoms. The van der Waals surface area contributed by atoms with E-state index in [1.807, 2.05) is 0 Å². The van der Waals surface area contributed by atoms with Crippen molar-refractivity contribution < 1.29 is 24.3 Å². The van der Waals surface area contributed by atoms with Crippen LogP contribution < -0.4 is 5.73 Å². The number of rotatable bonds is 5. The Hall–Kier alpha value is -0.420. The fraction of sp³-hybridized carbons (Fsp3) is 0.875. The van der Waals surface area contributed by atoms with E-state index in [2.05, 4.69) is 0 Å². The lowest BCUT2D eigenvalue weighted by Crippen LogP contribution is -2.45. The SMILES string of the molecule is CC(C)[C@H]([C@H](N)C(=O)O)[C@@H](C)P(=O)(O)O. The third kappa shape index (κ3) is 3.91. The van der Waals surface area contributed by atoms with Gasteiger partial charge < -0.3 is 20.6 Å². The van der Waals surface area contributed by atoms with Crippen molar-refractivity contribution in [2.24, 2.45) is 17.6 Å². The summed E-state index contributed by atoms with van der Waals surface area (Å²) < 4.78 is 11.1. The molecule has 15 heavy (non-hydrogen) atoms. The van der Waals surface area contributed by atoms with Gasteiger partial charge in [-0.25, -0.2) is 0 Å². The zero-order valence-electron chi connectivity index (χ0n) is 8.99. The van der Waals surface area contributed by atoms with E-state index in [0.29, 0.717) is 0 Å². The maximum atomic E-state index is 11.1. The molecule has 0 aromatic carbocycles. The second-order valence-corrected chi connectivity index (χ2v) is 6.01. The summed E-state index contributed by atoms with van der Waals surface area (Å²) in [6.45, 7) is 4.72. The Kier molecular flexibility index (Phi) is 4.93. The van der Waals surface area contributed by atoms with Crippen molar-refractivity contribution in [1.82, 2.24) is 0 Å². The Morgan fingerprint density at radius 3 is 1.87 bits per heavy atom. The van der Waals surface area contributed by atoms with Crippen molar-refractivity contribution in [3.63, 3.8) is 0 Å². The Morgan fingerprint density at radius 2 is 1.67 bits per heavy atom. The van der Waals surface area contributed by atoms with Gasteiger partial charge in [-0.1, -0.05) is 20.8 Å². The van der Waals surface area contributed by atoms with Crippen molar-refractivity contribution in [2.75, 3.05) is 0 Å². The summed E-state index contributed by atoms with van der Waals surface area (Å²) in [6.07, 6.45) is 0. The number of hydrogen-bond acceptors (Lipinski definition) is 3. The molecular formula is C8H18NO5P. The lowest BCUT2D eigenvalue weighted by Gasteiger charge is -2.30. The summed E-state index contributed by atoms with van der Waals surface area (Å²) in [4.78, 5) is 28.7. The first-order valence-corrected chi connectivity index (χ1v) is 6.30. The van der Waals surface area contributed by atoms with Gasteiger partial charge in [0.1, 0.15) is 6.04 Å². The number of hydrogen-bond donors (Lipinski definition) is 4. The molecule has 0 radical (unpaired) electrons. The van der Waals surface area contributed by atoms with Crippen LogP contribution in [0.2, 0.25) is 0 Å². The standard InChI is InChI=1S/C8H18NO5P/c1-4(2)6(7(9)8(10)11)5(3)15(12,13)14/h4-7H,9H2,1-3H3,(H,10,11)(H2,12,13,14)/t5-,6+,7+/m1/s1. The molecule has 5 N–H and O–H groups in total. The van der Waals surface area contributed by atoms with Crippen molar-refractivity contribution >= 4 is 13.6 Å². The van der Waals surface area contributed by atoms with E-state index >= 15 is 0 Å². The van der Waals surface area contributed by atoms with E-state index in [9.17, 15) is 9.36 Å². The van der Waals surface area contributed by atoms with Crippen molar-refractivity contribution in [2.45, 2.75) is 32.5 Å². The number of carboxylic acids is 1. The third-order valence-corrected chi connectivity index (χ3v) is 3.96. The maximum absolute atomic E-state index is 11.1. The fourth-order valence-corrected chi connectivity index (χ4v) is 2.64. The molecule has 3 atom stereocenters. The highest BCUT2D eigenvalue weighted by Gasteiger charge is 2.39. The number of carbonyl (C=O) groups is 1. The molecule has 0 spiro atoms. The fourth-order valence-electron chi connectivity index (χ4n) is 1.66. The van der Waals surface area contributed by atoms with Gasteiger partial charge in [0.2, 0.25) is 0 Å². The highest BCUT2D eigenvalue weighted by Crippen LogP contribution is 2.47. The van der Waals surface area contributed by atoms with Crippen LogP contribution in [-0.2, 0) is 9.36 Å². The molecule has 0 aliphatic heterocycles. The number of aliphatic carboxylic acids is 1. The maximum Gasteiger partial charge on any atom is 0.328 e. The first-order chi connectivity index (χ1) is 6.59. The zero-order valence-corrected chi connectivity index (χ0v) is 9.89. The molecule has 0 rings (SSSR count). The Labute approximate surface area is 88.6 Å². The molecule has 0 aliphatic carbocycles. The Balaban J connectivity index is 4.99. The lowest BCUT2D eigenvalue weighted by atomic mass is 9.86. The summed E-state index contributed by atoms with van der Waals surface area (Å²) in [7, 11) is -4.30. The summed E-state index contributed by atoms with van der Waals surface area (Å²) in [5.74, 6) is -2.20. The van der Waals surface area contributed by atoms with Gasteiger partial charge in [0, 0.05) is 5.92 Å².